The standard InChI is InChI=1S/C13H20N4O2/c1-14-12-8-15-7-10(16-12)13(19)17-9-5-3-2-4-6-11(9)18/h7-9,11,18H,2-6H2,1H3,(H,14,16)(H,17,19). The maximum Gasteiger partial charge on any atom is 0.271 e. The number of carbonyl (C=O) groups is 1. The fraction of sp³-hybridized carbons (Fsp3) is 0.615. The molecule has 6 heteroatoms. The third-order valence-corrected chi connectivity index (χ3v) is 3.42. The molecule has 2 atom stereocenters. The minimum Gasteiger partial charge on any atom is -0.391 e. The first-order valence-corrected chi connectivity index (χ1v) is 6.69. The van der Waals surface area contributed by atoms with Crippen LogP contribution in [-0.2, 0) is 0 Å². The molecule has 2 rings (SSSR count). The fourth-order valence-corrected chi connectivity index (χ4v) is 2.29. The van der Waals surface area contributed by atoms with Crippen molar-refractivity contribution in [2.75, 3.05) is 12.4 Å². The second-order valence-electron chi connectivity index (χ2n) is 4.82. The molecule has 19 heavy (non-hydrogen) atoms. The van der Waals surface area contributed by atoms with E-state index in [0.29, 0.717) is 5.82 Å². The highest BCUT2D eigenvalue weighted by Gasteiger charge is 2.24. The Morgan fingerprint density at radius 3 is 2.89 bits per heavy atom. The van der Waals surface area contributed by atoms with Crippen LogP contribution < -0.4 is 10.6 Å². The van der Waals surface area contributed by atoms with Crippen molar-refractivity contribution in [3.05, 3.63) is 18.1 Å². The molecule has 0 aromatic carbocycles. The molecular weight excluding hydrogens is 244 g/mol. The number of carbonyl (C=O) groups excluding carboxylic acids is 1. The molecular formula is C13H20N4O2. The van der Waals surface area contributed by atoms with E-state index in [0.717, 1.165) is 32.1 Å². The molecule has 1 amide bonds. The summed E-state index contributed by atoms with van der Waals surface area (Å²) < 4.78 is 0. The SMILES string of the molecule is CNc1cncc(C(=O)NC2CCCCCC2O)n1. The van der Waals surface area contributed by atoms with Gasteiger partial charge in [0.15, 0.2) is 0 Å². The Balaban J connectivity index is 2.02. The Labute approximate surface area is 112 Å². The number of rotatable bonds is 3. The Morgan fingerprint density at radius 1 is 1.32 bits per heavy atom. The maximum absolute atomic E-state index is 12.1. The lowest BCUT2D eigenvalue weighted by atomic mass is 10.1. The van der Waals surface area contributed by atoms with Gasteiger partial charge < -0.3 is 15.7 Å². The molecule has 1 aliphatic rings. The van der Waals surface area contributed by atoms with Gasteiger partial charge in [-0.25, -0.2) is 4.98 Å². The average Bonchev–Trinajstić information content (AvgIpc) is 2.64. The predicted octanol–water partition coefficient (Wildman–Crippen LogP) is 0.942. The first-order chi connectivity index (χ1) is 9.20. The molecule has 3 N–H and O–H groups in total. The van der Waals surface area contributed by atoms with Crippen LogP contribution >= 0.6 is 0 Å². The van der Waals surface area contributed by atoms with Crippen molar-refractivity contribution in [2.45, 2.75) is 44.2 Å². The van der Waals surface area contributed by atoms with Crippen LogP contribution in [-0.4, -0.2) is 40.2 Å². The summed E-state index contributed by atoms with van der Waals surface area (Å²) in [6, 6.07) is -0.185. The van der Waals surface area contributed by atoms with Crippen molar-refractivity contribution in [2.24, 2.45) is 0 Å². The summed E-state index contributed by atoms with van der Waals surface area (Å²) in [4.78, 5) is 20.2. The largest absolute Gasteiger partial charge is 0.391 e. The van der Waals surface area contributed by atoms with Crippen molar-refractivity contribution in [3.63, 3.8) is 0 Å². The Kier molecular flexibility index (Phi) is 4.68. The number of hydrogen-bond donors (Lipinski definition) is 3. The van der Waals surface area contributed by atoms with Gasteiger partial charge in [0, 0.05) is 7.05 Å². The van der Waals surface area contributed by atoms with Crippen molar-refractivity contribution < 1.29 is 9.90 Å². The summed E-state index contributed by atoms with van der Waals surface area (Å²) in [5.41, 5.74) is 0.267. The third-order valence-electron chi connectivity index (χ3n) is 3.42. The first kappa shape index (κ1) is 13.7. The van der Waals surface area contributed by atoms with Gasteiger partial charge in [-0.2, -0.15) is 0 Å². The zero-order valence-corrected chi connectivity index (χ0v) is 11.1. The molecule has 1 aromatic heterocycles. The lowest BCUT2D eigenvalue weighted by Crippen LogP contribution is -2.43. The van der Waals surface area contributed by atoms with E-state index in [1.807, 2.05) is 0 Å². The summed E-state index contributed by atoms with van der Waals surface area (Å²) >= 11 is 0. The van der Waals surface area contributed by atoms with E-state index in [1.165, 1.54) is 6.20 Å². The molecule has 6 nitrogen and oxygen atoms in total. The van der Waals surface area contributed by atoms with Gasteiger partial charge in [-0.1, -0.05) is 19.3 Å². The van der Waals surface area contributed by atoms with E-state index in [2.05, 4.69) is 20.6 Å². The number of nitrogens with zero attached hydrogens (tertiary/aromatic N) is 2. The summed E-state index contributed by atoms with van der Waals surface area (Å²) in [6.45, 7) is 0. The Hall–Kier alpha value is -1.69. The Bertz CT molecular complexity index is 438. The fourth-order valence-electron chi connectivity index (χ4n) is 2.29. The predicted molar refractivity (Wildman–Crippen MR) is 71.9 cm³/mol. The molecule has 1 aromatic rings. The van der Waals surface area contributed by atoms with E-state index < -0.39 is 6.10 Å². The van der Waals surface area contributed by atoms with Gasteiger partial charge in [-0.05, 0) is 12.8 Å². The Morgan fingerprint density at radius 2 is 2.11 bits per heavy atom. The average molecular weight is 264 g/mol. The molecule has 1 aliphatic carbocycles. The third kappa shape index (κ3) is 3.64. The zero-order chi connectivity index (χ0) is 13.7. The number of aliphatic hydroxyl groups excluding tert-OH is 1. The topological polar surface area (TPSA) is 87.1 Å². The smallest absolute Gasteiger partial charge is 0.271 e. The van der Waals surface area contributed by atoms with Crippen molar-refractivity contribution in [1.29, 1.82) is 0 Å². The highest BCUT2D eigenvalue weighted by atomic mass is 16.3. The highest BCUT2D eigenvalue weighted by Crippen LogP contribution is 2.18. The second kappa shape index (κ2) is 6.47. The summed E-state index contributed by atoms with van der Waals surface area (Å²) in [5, 5.41) is 15.7. The lowest BCUT2D eigenvalue weighted by molar-refractivity contribution is 0.0814. The quantitative estimate of drug-likeness (QED) is 0.707. The van der Waals surface area contributed by atoms with Gasteiger partial charge in [0.25, 0.3) is 5.91 Å². The van der Waals surface area contributed by atoms with Crippen LogP contribution in [0.2, 0.25) is 0 Å². The zero-order valence-electron chi connectivity index (χ0n) is 11.1. The van der Waals surface area contributed by atoms with Crippen LogP contribution in [0.5, 0.6) is 0 Å². The summed E-state index contributed by atoms with van der Waals surface area (Å²) in [5.74, 6) is 0.268. The van der Waals surface area contributed by atoms with Gasteiger partial charge >= 0.3 is 0 Å². The molecule has 2 unspecified atom stereocenters. The number of aromatic nitrogens is 2. The monoisotopic (exact) mass is 264 g/mol. The molecule has 104 valence electrons. The molecule has 1 heterocycles. The van der Waals surface area contributed by atoms with Crippen molar-refractivity contribution >= 4 is 11.7 Å². The molecule has 0 bridgehead atoms. The van der Waals surface area contributed by atoms with E-state index >= 15 is 0 Å². The van der Waals surface area contributed by atoms with Crippen LogP contribution in [0.25, 0.3) is 0 Å². The number of hydrogen-bond acceptors (Lipinski definition) is 5. The summed E-state index contributed by atoms with van der Waals surface area (Å²) in [7, 11) is 1.72. The first-order valence-electron chi connectivity index (χ1n) is 6.69. The number of anilines is 1. The normalized spacial score (nSPS) is 23.5. The van der Waals surface area contributed by atoms with E-state index in [4.69, 9.17) is 0 Å². The second-order valence-corrected chi connectivity index (χ2v) is 4.82. The van der Waals surface area contributed by atoms with Gasteiger partial charge in [-0.15, -0.1) is 0 Å². The van der Waals surface area contributed by atoms with Crippen LogP contribution in [0.15, 0.2) is 12.4 Å². The van der Waals surface area contributed by atoms with Gasteiger partial charge in [-0.3, -0.25) is 9.78 Å². The minimum atomic E-state index is -0.466. The van der Waals surface area contributed by atoms with E-state index in [9.17, 15) is 9.90 Å². The van der Waals surface area contributed by atoms with Crippen LogP contribution in [0.1, 0.15) is 42.6 Å². The molecule has 0 spiro atoms. The lowest BCUT2D eigenvalue weighted by Gasteiger charge is -2.21. The van der Waals surface area contributed by atoms with Crippen molar-refractivity contribution in [3.8, 4) is 0 Å². The van der Waals surface area contributed by atoms with Crippen LogP contribution in [0.3, 0.4) is 0 Å². The van der Waals surface area contributed by atoms with Crippen molar-refractivity contribution in [1.82, 2.24) is 15.3 Å². The van der Waals surface area contributed by atoms with Crippen LogP contribution in [0.4, 0.5) is 5.82 Å². The minimum absolute atomic E-state index is 0.185. The van der Waals surface area contributed by atoms with Crippen LogP contribution in [0, 0.1) is 0 Å². The van der Waals surface area contributed by atoms with E-state index in [-0.39, 0.29) is 17.6 Å². The van der Waals surface area contributed by atoms with E-state index in [1.54, 1.807) is 13.2 Å². The van der Waals surface area contributed by atoms with Gasteiger partial charge in [0.1, 0.15) is 11.5 Å². The maximum atomic E-state index is 12.1. The molecule has 1 fully saturated rings. The van der Waals surface area contributed by atoms with Gasteiger partial charge in [0.2, 0.25) is 0 Å². The molecule has 0 aliphatic heterocycles. The number of nitrogens with one attached hydrogen (secondary N) is 2. The molecule has 1 saturated carbocycles. The summed E-state index contributed by atoms with van der Waals surface area (Å²) in [6.07, 6.45) is 7.23. The molecule has 0 radical (unpaired) electrons. The van der Waals surface area contributed by atoms with Gasteiger partial charge in [0.05, 0.1) is 24.5 Å². The number of amides is 1. The molecule has 0 saturated heterocycles. The number of aliphatic hydroxyl groups is 1. The highest BCUT2D eigenvalue weighted by molar-refractivity contribution is 5.92.